The fourth-order valence-electron chi connectivity index (χ4n) is 2.76. The van der Waals surface area contributed by atoms with E-state index < -0.39 is 34.0 Å². The number of cyclic esters (lactones) is 1. The van der Waals surface area contributed by atoms with Crippen molar-refractivity contribution in [3.63, 3.8) is 0 Å². The van der Waals surface area contributed by atoms with Gasteiger partial charge in [0.2, 0.25) is 10.0 Å². The van der Waals surface area contributed by atoms with Gasteiger partial charge in [-0.3, -0.25) is 9.59 Å². The number of ether oxygens (including phenoxy) is 2. The SMILES string of the molecule is NC(=O)COc1ccc(S(=O)(=O)NC(CN2C(=O)COC2=O)c2ccccc2)cc1. The Morgan fingerprint density at radius 2 is 1.80 bits per heavy atom. The van der Waals surface area contributed by atoms with Crippen LogP contribution in [0.3, 0.4) is 0 Å². The van der Waals surface area contributed by atoms with Crippen molar-refractivity contribution in [2.24, 2.45) is 5.73 Å². The summed E-state index contributed by atoms with van der Waals surface area (Å²) in [5.74, 6) is -0.928. The van der Waals surface area contributed by atoms with Crippen molar-refractivity contribution in [3.8, 4) is 5.75 Å². The van der Waals surface area contributed by atoms with Gasteiger partial charge in [-0.25, -0.2) is 22.8 Å². The average Bonchev–Trinajstić information content (AvgIpc) is 3.04. The highest BCUT2D eigenvalue weighted by atomic mass is 32.2. The molecule has 1 saturated heterocycles. The molecule has 1 atom stereocenters. The number of nitrogens with zero attached hydrogens (tertiary/aromatic N) is 1. The summed E-state index contributed by atoms with van der Waals surface area (Å²) in [7, 11) is -4.02. The highest BCUT2D eigenvalue weighted by Gasteiger charge is 2.34. The largest absolute Gasteiger partial charge is 0.484 e. The molecular formula is C19H19N3O7S. The van der Waals surface area contributed by atoms with Crippen molar-refractivity contribution in [3.05, 3.63) is 60.2 Å². The third-order valence-corrected chi connectivity index (χ3v) is 5.71. The summed E-state index contributed by atoms with van der Waals surface area (Å²) >= 11 is 0. The zero-order valence-electron chi connectivity index (χ0n) is 15.7. The van der Waals surface area contributed by atoms with Crippen molar-refractivity contribution in [1.82, 2.24) is 9.62 Å². The van der Waals surface area contributed by atoms with Crippen LogP contribution in [0.25, 0.3) is 0 Å². The van der Waals surface area contributed by atoms with Crippen LogP contribution in [0.2, 0.25) is 0 Å². The number of nitrogens with two attached hydrogens (primary N) is 1. The van der Waals surface area contributed by atoms with Gasteiger partial charge in [-0.2, -0.15) is 0 Å². The van der Waals surface area contributed by atoms with Crippen molar-refractivity contribution in [2.75, 3.05) is 19.8 Å². The third kappa shape index (κ3) is 5.13. The molecule has 1 heterocycles. The van der Waals surface area contributed by atoms with E-state index in [9.17, 15) is 22.8 Å². The molecule has 158 valence electrons. The van der Waals surface area contributed by atoms with Crippen LogP contribution in [0.4, 0.5) is 4.79 Å². The van der Waals surface area contributed by atoms with Gasteiger partial charge in [0.1, 0.15) is 5.75 Å². The summed E-state index contributed by atoms with van der Waals surface area (Å²) in [6.45, 7) is -0.930. The molecule has 3 N–H and O–H groups in total. The number of sulfonamides is 1. The molecule has 1 fully saturated rings. The van der Waals surface area contributed by atoms with Crippen LogP contribution in [0.15, 0.2) is 59.5 Å². The monoisotopic (exact) mass is 433 g/mol. The lowest BCUT2D eigenvalue weighted by Gasteiger charge is -2.22. The predicted octanol–water partition coefficient (Wildman–Crippen LogP) is 0.549. The normalized spacial score (nSPS) is 15.0. The number of benzene rings is 2. The number of rotatable bonds is 9. The van der Waals surface area contributed by atoms with E-state index in [0.717, 1.165) is 4.90 Å². The minimum atomic E-state index is -4.02. The van der Waals surface area contributed by atoms with Gasteiger partial charge in [0.25, 0.3) is 11.8 Å². The number of imide groups is 1. The molecule has 11 heteroatoms. The number of primary amides is 1. The maximum absolute atomic E-state index is 12.9. The Kier molecular flexibility index (Phi) is 6.33. The van der Waals surface area contributed by atoms with Crippen LogP contribution in [0, 0.1) is 0 Å². The van der Waals surface area contributed by atoms with E-state index >= 15 is 0 Å². The van der Waals surface area contributed by atoms with E-state index in [-0.39, 0.29) is 30.4 Å². The minimum absolute atomic E-state index is 0.0646. The molecule has 0 aliphatic carbocycles. The number of carbonyl (C=O) groups excluding carboxylic acids is 3. The van der Waals surface area contributed by atoms with E-state index in [1.807, 2.05) is 0 Å². The van der Waals surface area contributed by atoms with Gasteiger partial charge in [-0.15, -0.1) is 0 Å². The number of hydrogen-bond donors (Lipinski definition) is 2. The van der Waals surface area contributed by atoms with Crippen molar-refractivity contribution in [2.45, 2.75) is 10.9 Å². The predicted molar refractivity (Wildman–Crippen MR) is 104 cm³/mol. The maximum atomic E-state index is 12.9. The molecular weight excluding hydrogens is 414 g/mol. The Labute approximate surface area is 172 Å². The second-order valence-electron chi connectivity index (χ2n) is 6.37. The Bertz CT molecular complexity index is 1020. The fraction of sp³-hybridized carbons (Fsp3) is 0.211. The number of hydrogen-bond acceptors (Lipinski definition) is 7. The summed E-state index contributed by atoms with van der Waals surface area (Å²) in [5, 5.41) is 0. The van der Waals surface area contributed by atoms with Crippen molar-refractivity contribution in [1.29, 1.82) is 0 Å². The molecule has 2 aromatic rings. The van der Waals surface area contributed by atoms with Gasteiger partial charge >= 0.3 is 6.09 Å². The molecule has 0 radical (unpaired) electrons. The minimum Gasteiger partial charge on any atom is -0.484 e. The van der Waals surface area contributed by atoms with E-state index in [4.69, 9.17) is 15.2 Å². The average molecular weight is 433 g/mol. The van der Waals surface area contributed by atoms with E-state index in [1.165, 1.54) is 24.3 Å². The molecule has 3 amide bonds. The Hall–Kier alpha value is -3.44. The molecule has 1 unspecified atom stereocenters. The van der Waals surface area contributed by atoms with Gasteiger partial charge in [-0.05, 0) is 29.8 Å². The zero-order chi connectivity index (χ0) is 21.7. The third-order valence-electron chi connectivity index (χ3n) is 4.22. The van der Waals surface area contributed by atoms with E-state index in [0.29, 0.717) is 5.56 Å². The highest BCUT2D eigenvalue weighted by molar-refractivity contribution is 7.89. The lowest BCUT2D eigenvalue weighted by atomic mass is 10.1. The van der Waals surface area contributed by atoms with Crippen LogP contribution >= 0.6 is 0 Å². The number of amides is 3. The maximum Gasteiger partial charge on any atom is 0.417 e. The highest BCUT2D eigenvalue weighted by Crippen LogP contribution is 2.22. The quantitative estimate of drug-likeness (QED) is 0.587. The van der Waals surface area contributed by atoms with Crippen LogP contribution in [0.1, 0.15) is 11.6 Å². The summed E-state index contributed by atoms with van der Waals surface area (Å²) in [6.07, 6.45) is -0.823. The first-order valence-corrected chi connectivity index (χ1v) is 10.3. The Morgan fingerprint density at radius 3 is 2.37 bits per heavy atom. The fourth-order valence-corrected chi connectivity index (χ4v) is 3.98. The second kappa shape index (κ2) is 8.93. The molecule has 3 rings (SSSR count). The Balaban J connectivity index is 1.81. The molecule has 30 heavy (non-hydrogen) atoms. The van der Waals surface area contributed by atoms with Crippen molar-refractivity contribution < 1.29 is 32.3 Å². The second-order valence-corrected chi connectivity index (χ2v) is 8.08. The molecule has 1 aliphatic rings. The molecule has 0 bridgehead atoms. The molecule has 0 spiro atoms. The van der Waals surface area contributed by atoms with Crippen LogP contribution in [-0.2, 0) is 24.3 Å². The zero-order valence-corrected chi connectivity index (χ0v) is 16.5. The first-order chi connectivity index (χ1) is 14.3. The number of carbonyl (C=O) groups is 3. The summed E-state index contributed by atoms with van der Waals surface area (Å²) in [6, 6.07) is 13.0. The smallest absolute Gasteiger partial charge is 0.417 e. The van der Waals surface area contributed by atoms with Gasteiger partial charge in [-0.1, -0.05) is 30.3 Å². The standard InChI is InChI=1S/C19H19N3O7S/c20-17(23)11-28-14-6-8-15(9-7-14)30(26,27)21-16(13-4-2-1-3-5-13)10-22-18(24)12-29-19(22)25/h1-9,16,21H,10-12H2,(H2,20,23). The Morgan fingerprint density at radius 1 is 1.13 bits per heavy atom. The summed E-state index contributed by atoms with van der Waals surface area (Å²) in [5.41, 5.74) is 5.57. The van der Waals surface area contributed by atoms with Crippen molar-refractivity contribution >= 4 is 27.9 Å². The van der Waals surface area contributed by atoms with Crippen LogP contribution < -0.4 is 15.2 Å². The molecule has 1 aliphatic heterocycles. The summed E-state index contributed by atoms with van der Waals surface area (Å²) < 4.78 is 38.1. The number of nitrogens with one attached hydrogen (secondary N) is 1. The first kappa shape index (κ1) is 21.3. The molecule has 0 aromatic heterocycles. The summed E-state index contributed by atoms with van der Waals surface area (Å²) in [4.78, 5) is 35.3. The van der Waals surface area contributed by atoms with E-state index in [2.05, 4.69) is 4.72 Å². The van der Waals surface area contributed by atoms with Gasteiger partial charge in [0.15, 0.2) is 13.2 Å². The lowest BCUT2D eigenvalue weighted by molar-refractivity contribution is -0.126. The van der Waals surface area contributed by atoms with E-state index in [1.54, 1.807) is 30.3 Å². The first-order valence-electron chi connectivity index (χ1n) is 8.82. The van der Waals surface area contributed by atoms with Gasteiger partial charge < -0.3 is 15.2 Å². The molecule has 0 saturated carbocycles. The lowest BCUT2D eigenvalue weighted by Crippen LogP contribution is -2.40. The van der Waals surface area contributed by atoms with Gasteiger partial charge in [0.05, 0.1) is 17.5 Å². The molecule has 2 aromatic carbocycles. The van der Waals surface area contributed by atoms with Gasteiger partial charge in [0, 0.05) is 0 Å². The van der Waals surface area contributed by atoms with Crippen LogP contribution in [0.5, 0.6) is 5.75 Å². The molecule has 10 nitrogen and oxygen atoms in total. The van der Waals surface area contributed by atoms with Crippen LogP contribution in [-0.4, -0.2) is 51.0 Å². The topological polar surface area (TPSA) is 145 Å².